The molecule has 0 bridgehead atoms. The molecule has 1 fully saturated rings. The number of aliphatic hydroxyl groups is 1. The van der Waals surface area contributed by atoms with Crippen LogP contribution in [-0.4, -0.2) is 23.4 Å². The molecule has 0 unspecified atom stereocenters. The molecule has 0 amide bonds. The zero-order valence-electron chi connectivity index (χ0n) is 16.0. The number of nitrogens with zero attached hydrogens (tertiary/aromatic N) is 1. The van der Waals surface area contributed by atoms with Gasteiger partial charge in [0.05, 0.1) is 17.0 Å². The molecule has 1 aliphatic carbocycles. The number of hydrogen-bond donors (Lipinski definition) is 1. The van der Waals surface area contributed by atoms with Crippen molar-refractivity contribution in [1.82, 2.24) is 4.31 Å². The second-order valence-corrected chi connectivity index (χ2v) is 9.69. The first kappa shape index (κ1) is 20.9. The summed E-state index contributed by atoms with van der Waals surface area (Å²) in [4.78, 5) is 0.177. The van der Waals surface area contributed by atoms with Gasteiger partial charge in [-0.1, -0.05) is 78.9 Å². The number of halogens is 1. The molecule has 2 aromatic carbocycles. The summed E-state index contributed by atoms with van der Waals surface area (Å²) in [6.07, 6.45) is 5.58. The monoisotopic (exact) mass is 419 g/mol. The number of hydrogen-bond acceptors (Lipinski definition) is 3. The van der Waals surface area contributed by atoms with Crippen molar-refractivity contribution < 1.29 is 13.5 Å². The Balaban J connectivity index is 2.00. The van der Waals surface area contributed by atoms with Gasteiger partial charge in [0.25, 0.3) is 10.0 Å². The summed E-state index contributed by atoms with van der Waals surface area (Å²) in [6, 6.07) is 16.0. The van der Waals surface area contributed by atoms with E-state index in [1.807, 2.05) is 37.3 Å². The van der Waals surface area contributed by atoms with E-state index in [0.717, 1.165) is 30.4 Å². The normalized spacial score (nSPS) is 17.3. The molecular weight excluding hydrogens is 394 g/mol. The quantitative estimate of drug-likeness (QED) is 0.673. The van der Waals surface area contributed by atoms with Crippen LogP contribution < -0.4 is 0 Å². The fourth-order valence-electron chi connectivity index (χ4n) is 3.46. The van der Waals surface area contributed by atoms with Crippen molar-refractivity contribution in [2.75, 3.05) is 0 Å². The molecule has 1 N–H and O–H groups in total. The molecular formula is C22H26ClNO3S. The Morgan fingerprint density at radius 3 is 2.29 bits per heavy atom. The van der Waals surface area contributed by atoms with Crippen molar-refractivity contribution in [1.29, 1.82) is 0 Å². The van der Waals surface area contributed by atoms with Crippen molar-refractivity contribution in [3.05, 3.63) is 77.0 Å². The Morgan fingerprint density at radius 1 is 1.07 bits per heavy atom. The topological polar surface area (TPSA) is 57.6 Å². The van der Waals surface area contributed by atoms with E-state index in [4.69, 9.17) is 11.6 Å². The second-order valence-electron chi connectivity index (χ2n) is 7.44. The fourth-order valence-corrected chi connectivity index (χ4v) is 5.34. The smallest absolute Gasteiger partial charge is 0.265 e. The predicted octanol–water partition coefficient (Wildman–Crippen LogP) is 4.96. The Kier molecular flexibility index (Phi) is 6.48. The summed E-state index contributed by atoms with van der Waals surface area (Å²) in [5.74, 6) is 0. The average molecular weight is 420 g/mol. The maximum absolute atomic E-state index is 13.4. The number of rotatable bonds is 6. The van der Waals surface area contributed by atoms with E-state index >= 15 is 0 Å². The van der Waals surface area contributed by atoms with E-state index < -0.39 is 15.6 Å². The molecule has 28 heavy (non-hydrogen) atoms. The first-order valence-corrected chi connectivity index (χ1v) is 11.4. The lowest BCUT2D eigenvalue weighted by Gasteiger charge is -2.31. The first-order chi connectivity index (χ1) is 13.3. The molecule has 0 heterocycles. The van der Waals surface area contributed by atoms with Gasteiger partial charge in [0, 0.05) is 0 Å². The SMILES string of the molecule is Cc1ccc(S(=O)(=O)N(Cc2ccccc2)/C(Cl)=C/C2(O)CCCCC2)cc1. The van der Waals surface area contributed by atoms with Crippen LogP contribution in [0.3, 0.4) is 0 Å². The van der Waals surface area contributed by atoms with Crippen LogP contribution in [0.4, 0.5) is 0 Å². The van der Waals surface area contributed by atoms with Crippen LogP contribution in [0.15, 0.2) is 70.7 Å². The van der Waals surface area contributed by atoms with Crippen molar-refractivity contribution in [2.45, 2.75) is 56.1 Å². The van der Waals surface area contributed by atoms with E-state index in [2.05, 4.69) is 0 Å². The summed E-state index contributed by atoms with van der Waals surface area (Å²) in [6.45, 7) is 2.01. The van der Waals surface area contributed by atoms with Gasteiger partial charge in [-0.25, -0.2) is 8.42 Å². The van der Waals surface area contributed by atoms with Crippen molar-refractivity contribution >= 4 is 21.6 Å². The lowest BCUT2D eigenvalue weighted by atomic mass is 9.85. The lowest BCUT2D eigenvalue weighted by molar-refractivity contribution is 0.0501. The highest BCUT2D eigenvalue weighted by molar-refractivity contribution is 7.89. The zero-order chi connectivity index (χ0) is 20.2. The minimum atomic E-state index is -3.87. The van der Waals surface area contributed by atoms with Gasteiger partial charge in [-0.3, -0.25) is 4.31 Å². The Bertz CT molecular complexity index is 918. The van der Waals surface area contributed by atoms with Crippen LogP contribution in [0.5, 0.6) is 0 Å². The Morgan fingerprint density at radius 2 is 1.68 bits per heavy atom. The largest absolute Gasteiger partial charge is 0.386 e. The van der Waals surface area contributed by atoms with Crippen LogP contribution in [0.1, 0.15) is 43.2 Å². The molecule has 0 aliphatic heterocycles. The van der Waals surface area contributed by atoms with Crippen LogP contribution in [-0.2, 0) is 16.6 Å². The van der Waals surface area contributed by atoms with E-state index in [1.165, 1.54) is 10.4 Å². The molecule has 0 aromatic heterocycles. The number of sulfonamides is 1. The molecule has 150 valence electrons. The molecule has 2 aromatic rings. The highest BCUT2D eigenvalue weighted by Gasteiger charge is 2.32. The number of aryl methyl sites for hydroxylation is 1. The van der Waals surface area contributed by atoms with Crippen molar-refractivity contribution in [3.8, 4) is 0 Å². The molecule has 0 atom stereocenters. The van der Waals surface area contributed by atoms with Crippen molar-refractivity contribution in [3.63, 3.8) is 0 Å². The molecule has 0 radical (unpaired) electrons. The summed E-state index contributed by atoms with van der Waals surface area (Å²) in [5.41, 5.74) is 0.736. The highest BCUT2D eigenvalue weighted by Crippen LogP contribution is 2.33. The van der Waals surface area contributed by atoms with E-state index in [-0.39, 0.29) is 16.6 Å². The van der Waals surface area contributed by atoms with Gasteiger partial charge < -0.3 is 5.11 Å². The maximum Gasteiger partial charge on any atom is 0.265 e. The molecule has 0 saturated heterocycles. The average Bonchev–Trinajstić information content (AvgIpc) is 2.67. The van der Waals surface area contributed by atoms with Gasteiger partial charge in [0.15, 0.2) is 0 Å². The van der Waals surface area contributed by atoms with Gasteiger partial charge in [0.2, 0.25) is 0 Å². The summed E-state index contributed by atoms with van der Waals surface area (Å²) < 4.78 is 27.9. The van der Waals surface area contributed by atoms with Crippen LogP contribution in [0.2, 0.25) is 0 Å². The molecule has 4 nitrogen and oxygen atoms in total. The standard InChI is InChI=1S/C22H26ClNO3S/c1-18-10-12-20(13-11-18)28(26,27)24(17-19-8-4-2-5-9-19)21(23)16-22(25)14-6-3-7-15-22/h2,4-5,8-13,16,25H,3,6-7,14-15,17H2,1H3/b21-16+. The van der Waals surface area contributed by atoms with E-state index in [9.17, 15) is 13.5 Å². The Labute approximate surface area is 172 Å². The van der Waals surface area contributed by atoms with E-state index in [1.54, 1.807) is 24.3 Å². The zero-order valence-corrected chi connectivity index (χ0v) is 17.6. The second kappa shape index (κ2) is 8.68. The van der Waals surface area contributed by atoms with Gasteiger partial charge in [-0.05, 0) is 43.5 Å². The van der Waals surface area contributed by atoms with Crippen LogP contribution in [0.25, 0.3) is 0 Å². The highest BCUT2D eigenvalue weighted by atomic mass is 35.5. The molecule has 1 saturated carbocycles. The molecule has 1 aliphatic rings. The maximum atomic E-state index is 13.4. The number of benzene rings is 2. The van der Waals surface area contributed by atoms with Crippen molar-refractivity contribution in [2.24, 2.45) is 0 Å². The third kappa shape index (κ3) is 4.96. The third-order valence-corrected chi connectivity index (χ3v) is 7.31. The van der Waals surface area contributed by atoms with Gasteiger partial charge >= 0.3 is 0 Å². The van der Waals surface area contributed by atoms with Gasteiger partial charge in [-0.2, -0.15) is 0 Å². The lowest BCUT2D eigenvalue weighted by Crippen LogP contribution is -2.33. The van der Waals surface area contributed by atoms with Crippen LogP contribution >= 0.6 is 11.6 Å². The van der Waals surface area contributed by atoms with Gasteiger partial charge in [-0.15, -0.1) is 0 Å². The summed E-state index contributed by atoms with van der Waals surface area (Å²) in [5, 5.41) is 10.9. The third-order valence-electron chi connectivity index (χ3n) is 5.12. The van der Waals surface area contributed by atoms with E-state index in [0.29, 0.717) is 12.8 Å². The predicted molar refractivity (Wildman–Crippen MR) is 112 cm³/mol. The minimum absolute atomic E-state index is 0.0360. The Hall–Kier alpha value is -1.82. The van der Waals surface area contributed by atoms with Crippen LogP contribution in [0, 0.1) is 6.92 Å². The van der Waals surface area contributed by atoms with Gasteiger partial charge in [0.1, 0.15) is 5.16 Å². The summed E-state index contributed by atoms with van der Waals surface area (Å²) >= 11 is 6.53. The minimum Gasteiger partial charge on any atom is -0.386 e. The first-order valence-electron chi connectivity index (χ1n) is 9.54. The summed E-state index contributed by atoms with van der Waals surface area (Å²) in [7, 11) is -3.87. The fraction of sp³-hybridized carbons (Fsp3) is 0.364. The molecule has 3 rings (SSSR count). The molecule has 0 spiro atoms. The molecule has 6 heteroatoms.